The number of nitroso groups, excluding NO2 is 1. The molecule has 2 atom stereocenters. The van der Waals surface area contributed by atoms with Gasteiger partial charge >= 0.3 is 5.97 Å². The molecule has 1 N–H and O–H groups in total. The van der Waals surface area contributed by atoms with E-state index >= 15 is 4.39 Å². The van der Waals surface area contributed by atoms with Crippen molar-refractivity contribution in [3.05, 3.63) is 38.8 Å². The van der Waals surface area contributed by atoms with E-state index in [2.05, 4.69) is 5.29 Å². The van der Waals surface area contributed by atoms with Crippen molar-refractivity contribution >= 4 is 22.6 Å². The number of methoxy groups -OCH3 is 1. The third-order valence-corrected chi connectivity index (χ3v) is 6.75. The molecule has 31 heavy (non-hydrogen) atoms. The van der Waals surface area contributed by atoms with Crippen molar-refractivity contribution in [3.63, 3.8) is 0 Å². The molecule has 1 aromatic carbocycles. The van der Waals surface area contributed by atoms with E-state index in [-0.39, 0.29) is 40.4 Å². The molecule has 164 valence electrons. The number of hydrogen-bond donors (Lipinski definition) is 1. The predicted molar refractivity (Wildman–Crippen MR) is 111 cm³/mol. The number of pyridine rings is 1. The number of piperidine rings is 1. The summed E-state index contributed by atoms with van der Waals surface area (Å²) in [4.78, 5) is 37.5. The third-order valence-electron chi connectivity index (χ3n) is 6.75. The zero-order valence-corrected chi connectivity index (χ0v) is 17.1. The summed E-state index contributed by atoms with van der Waals surface area (Å²) in [6.07, 6.45) is 4.83. The number of nitrogens with zero attached hydrogens (tertiary/aromatic N) is 4. The molecule has 0 bridgehead atoms. The molecule has 2 aliphatic heterocycles. The molecule has 3 heterocycles. The van der Waals surface area contributed by atoms with Crippen LogP contribution in [-0.2, 0) is 0 Å². The van der Waals surface area contributed by atoms with Gasteiger partial charge in [0, 0.05) is 37.8 Å². The summed E-state index contributed by atoms with van der Waals surface area (Å²) < 4.78 is 22.8. The Morgan fingerprint density at radius 2 is 2.06 bits per heavy atom. The summed E-state index contributed by atoms with van der Waals surface area (Å²) in [6, 6.07) is 1.08. The van der Waals surface area contributed by atoms with Gasteiger partial charge in [-0.2, -0.15) is 0 Å². The number of anilines is 1. The fraction of sp³-hybridized carbons (Fsp3) is 0.524. The van der Waals surface area contributed by atoms with Crippen LogP contribution in [0.25, 0.3) is 10.9 Å². The molecular weight excluding hydrogens is 407 g/mol. The van der Waals surface area contributed by atoms with Gasteiger partial charge < -0.3 is 19.3 Å². The number of carboxylic acids is 1. The van der Waals surface area contributed by atoms with Gasteiger partial charge in [-0.05, 0) is 31.7 Å². The second-order valence-corrected chi connectivity index (χ2v) is 8.57. The number of carbonyl (C=O) groups is 1. The molecule has 2 aromatic rings. The van der Waals surface area contributed by atoms with Gasteiger partial charge in [-0.15, -0.1) is 4.91 Å². The van der Waals surface area contributed by atoms with E-state index < -0.39 is 17.2 Å². The van der Waals surface area contributed by atoms with E-state index in [0.29, 0.717) is 25.2 Å². The Balaban J connectivity index is 1.70. The van der Waals surface area contributed by atoms with Crippen molar-refractivity contribution in [3.8, 4) is 5.75 Å². The lowest BCUT2D eigenvalue weighted by Crippen LogP contribution is -2.41. The summed E-state index contributed by atoms with van der Waals surface area (Å²) in [6.45, 7) is 1.57. The molecule has 9 nitrogen and oxygen atoms in total. The molecule has 0 radical (unpaired) electrons. The summed E-state index contributed by atoms with van der Waals surface area (Å²) in [7, 11) is 1.42. The van der Waals surface area contributed by atoms with Crippen LogP contribution in [0.4, 0.5) is 10.1 Å². The van der Waals surface area contributed by atoms with Crippen LogP contribution in [0.15, 0.2) is 22.3 Å². The van der Waals surface area contributed by atoms with Crippen molar-refractivity contribution in [2.45, 2.75) is 37.8 Å². The van der Waals surface area contributed by atoms with E-state index in [1.807, 2.05) is 4.90 Å². The van der Waals surface area contributed by atoms with Gasteiger partial charge in [-0.1, -0.05) is 0 Å². The van der Waals surface area contributed by atoms with Crippen LogP contribution in [0.2, 0.25) is 0 Å². The topological polar surface area (TPSA) is 104 Å². The van der Waals surface area contributed by atoms with Crippen molar-refractivity contribution in [2.75, 3.05) is 31.6 Å². The number of rotatable bonds is 5. The lowest BCUT2D eigenvalue weighted by Gasteiger charge is -2.31. The zero-order chi connectivity index (χ0) is 21.9. The van der Waals surface area contributed by atoms with Crippen molar-refractivity contribution in [1.82, 2.24) is 9.58 Å². The number of benzene rings is 1. The lowest BCUT2D eigenvalue weighted by atomic mass is 9.93. The highest BCUT2D eigenvalue weighted by Crippen LogP contribution is 2.45. The van der Waals surface area contributed by atoms with E-state index in [1.54, 1.807) is 9.58 Å². The molecule has 3 aliphatic rings. The van der Waals surface area contributed by atoms with Gasteiger partial charge in [0.15, 0.2) is 11.6 Å². The van der Waals surface area contributed by atoms with Crippen LogP contribution in [0, 0.1) is 16.6 Å². The van der Waals surface area contributed by atoms with Crippen molar-refractivity contribution in [2.24, 2.45) is 11.2 Å². The van der Waals surface area contributed by atoms with Gasteiger partial charge in [0.25, 0.3) is 0 Å². The first-order chi connectivity index (χ1) is 14.9. The number of aromatic carboxylic acids is 1. The van der Waals surface area contributed by atoms with E-state index in [4.69, 9.17) is 4.74 Å². The van der Waals surface area contributed by atoms with Crippen LogP contribution >= 0.6 is 0 Å². The Kier molecular flexibility index (Phi) is 4.60. The highest BCUT2D eigenvalue weighted by molar-refractivity contribution is 5.97. The van der Waals surface area contributed by atoms with Gasteiger partial charge in [0.05, 0.1) is 29.3 Å². The molecule has 1 saturated carbocycles. The van der Waals surface area contributed by atoms with Crippen LogP contribution < -0.4 is 15.1 Å². The average molecular weight is 430 g/mol. The van der Waals surface area contributed by atoms with Crippen molar-refractivity contribution in [1.29, 1.82) is 0 Å². The summed E-state index contributed by atoms with van der Waals surface area (Å²) >= 11 is 0. The van der Waals surface area contributed by atoms with Crippen LogP contribution in [-0.4, -0.2) is 53.4 Å². The SMILES string of the molecule is COc1c(N2C[C@H]3CCCN(N=O)[C@H]3C2)c(F)cc2c(=O)c(C(=O)O)cn(C3CC3)c12. The highest BCUT2D eigenvalue weighted by Gasteiger charge is 2.42. The van der Waals surface area contributed by atoms with Crippen LogP contribution in [0.3, 0.4) is 0 Å². The highest BCUT2D eigenvalue weighted by atomic mass is 19.1. The second kappa shape index (κ2) is 7.21. The smallest absolute Gasteiger partial charge is 0.341 e. The molecule has 1 aromatic heterocycles. The average Bonchev–Trinajstić information content (AvgIpc) is 3.50. The van der Waals surface area contributed by atoms with Gasteiger partial charge in [0.2, 0.25) is 5.43 Å². The number of fused-ring (bicyclic) bond motifs is 2. The predicted octanol–water partition coefficient (Wildman–Crippen LogP) is 2.76. The fourth-order valence-electron chi connectivity index (χ4n) is 5.16. The normalized spacial score (nSPS) is 23.2. The molecule has 0 amide bonds. The van der Waals surface area contributed by atoms with Gasteiger partial charge in [0.1, 0.15) is 11.3 Å². The molecule has 0 unspecified atom stereocenters. The Hall–Kier alpha value is -3.17. The maximum absolute atomic E-state index is 15.4. The summed E-state index contributed by atoms with van der Waals surface area (Å²) in [5, 5.41) is 14.1. The lowest BCUT2D eigenvalue weighted by molar-refractivity contribution is 0.0695. The minimum Gasteiger partial charge on any atom is -0.492 e. The monoisotopic (exact) mass is 430 g/mol. The molecule has 0 spiro atoms. The minimum absolute atomic E-state index is 0.00213. The Morgan fingerprint density at radius 3 is 2.71 bits per heavy atom. The number of halogens is 1. The molecular formula is C21H23FN4O5. The summed E-state index contributed by atoms with van der Waals surface area (Å²) in [5.41, 5.74) is -0.452. The quantitative estimate of drug-likeness (QED) is 0.728. The maximum Gasteiger partial charge on any atom is 0.341 e. The first kappa shape index (κ1) is 19.8. The second-order valence-electron chi connectivity index (χ2n) is 8.57. The third kappa shape index (κ3) is 3.03. The van der Waals surface area contributed by atoms with Crippen LogP contribution in [0.1, 0.15) is 42.1 Å². The Morgan fingerprint density at radius 1 is 1.29 bits per heavy atom. The maximum atomic E-state index is 15.4. The van der Waals surface area contributed by atoms with E-state index in [1.165, 1.54) is 13.3 Å². The first-order valence-electron chi connectivity index (χ1n) is 10.5. The zero-order valence-electron chi connectivity index (χ0n) is 17.1. The molecule has 3 fully saturated rings. The molecule has 1 aliphatic carbocycles. The number of hydrogen-bond acceptors (Lipinski definition) is 6. The van der Waals surface area contributed by atoms with Gasteiger partial charge in [-0.25, -0.2) is 9.18 Å². The van der Waals surface area contributed by atoms with Crippen LogP contribution in [0.5, 0.6) is 5.75 Å². The van der Waals surface area contributed by atoms with Crippen molar-refractivity contribution < 1.29 is 19.0 Å². The Labute approximate surface area is 176 Å². The molecule has 5 rings (SSSR count). The van der Waals surface area contributed by atoms with E-state index in [9.17, 15) is 19.6 Å². The first-order valence-corrected chi connectivity index (χ1v) is 10.5. The molecule has 10 heteroatoms. The Bertz CT molecular complexity index is 1150. The number of carboxylic acid groups (broad SMARTS) is 1. The number of ether oxygens (including phenoxy) is 1. The summed E-state index contributed by atoms with van der Waals surface area (Å²) in [5.74, 6) is -1.57. The number of aromatic nitrogens is 1. The molecule has 2 saturated heterocycles. The fourth-order valence-corrected chi connectivity index (χ4v) is 5.16. The van der Waals surface area contributed by atoms with Gasteiger partial charge in [-0.3, -0.25) is 9.80 Å². The standard InChI is InChI=1S/C21H23FN4O5/c1-31-20-17-13(19(27)14(21(28)29)9-25(17)12-4-5-12)7-15(22)18(20)24-8-11-3-2-6-26(23-30)16(11)10-24/h7,9,11-12,16H,2-6,8,10H2,1H3,(H,28,29)/t11-,16+/m1/s1. The van der Waals surface area contributed by atoms with E-state index in [0.717, 1.165) is 31.7 Å². The minimum atomic E-state index is -1.34. The largest absolute Gasteiger partial charge is 0.492 e.